The van der Waals surface area contributed by atoms with E-state index in [9.17, 15) is 4.79 Å². The molecule has 2 atom stereocenters. The van der Waals surface area contributed by atoms with Crippen LogP contribution in [0.15, 0.2) is 24.3 Å². The zero-order valence-corrected chi connectivity index (χ0v) is 10.4. The number of rotatable bonds is 4. The first kappa shape index (κ1) is 11.4. The van der Waals surface area contributed by atoms with Gasteiger partial charge < -0.3 is 0 Å². The van der Waals surface area contributed by atoms with Crippen LogP contribution in [-0.2, 0) is 11.2 Å². The molecule has 1 nitrogen and oxygen atoms in total. The molecular formula is C15H20O. The number of ketones is 1. The van der Waals surface area contributed by atoms with Gasteiger partial charge in [0.05, 0.1) is 0 Å². The second kappa shape index (κ2) is 4.40. The van der Waals surface area contributed by atoms with E-state index in [0.717, 1.165) is 12.8 Å². The number of hydrogen-bond acceptors (Lipinski definition) is 1. The smallest absolute Gasteiger partial charge is 0.136 e. The standard InChI is InChI=1S/C15H20O/c1-10(2)11(3)15(16)9-13-8-12-6-4-5-7-14(12)13/h4-7,10-11,13H,8-9H2,1-3H3. The largest absolute Gasteiger partial charge is 0.299 e. The van der Waals surface area contributed by atoms with Crippen molar-refractivity contribution < 1.29 is 4.79 Å². The Bertz CT molecular complexity index is 392. The Morgan fingerprint density at radius 1 is 1.31 bits per heavy atom. The van der Waals surface area contributed by atoms with Crippen LogP contribution in [0.2, 0.25) is 0 Å². The summed E-state index contributed by atoms with van der Waals surface area (Å²) in [5, 5.41) is 0. The minimum Gasteiger partial charge on any atom is -0.299 e. The van der Waals surface area contributed by atoms with E-state index in [0.29, 0.717) is 17.6 Å². The molecule has 0 radical (unpaired) electrons. The van der Waals surface area contributed by atoms with Crippen LogP contribution in [-0.4, -0.2) is 5.78 Å². The summed E-state index contributed by atoms with van der Waals surface area (Å²) in [5.74, 6) is 1.58. The molecule has 1 aliphatic rings. The highest BCUT2D eigenvalue weighted by molar-refractivity contribution is 5.82. The molecule has 0 N–H and O–H groups in total. The van der Waals surface area contributed by atoms with E-state index in [4.69, 9.17) is 0 Å². The molecular weight excluding hydrogens is 196 g/mol. The van der Waals surface area contributed by atoms with Crippen LogP contribution >= 0.6 is 0 Å². The lowest BCUT2D eigenvalue weighted by molar-refractivity contribution is -0.124. The van der Waals surface area contributed by atoms with Crippen molar-refractivity contribution >= 4 is 5.78 Å². The maximum Gasteiger partial charge on any atom is 0.136 e. The SMILES string of the molecule is CC(C)C(C)C(=O)CC1Cc2ccccc21. The van der Waals surface area contributed by atoms with Gasteiger partial charge in [0.15, 0.2) is 0 Å². The van der Waals surface area contributed by atoms with Crippen LogP contribution in [0.5, 0.6) is 0 Å². The molecule has 86 valence electrons. The zero-order valence-electron chi connectivity index (χ0n) is 10.4. The molecule has 1 aliphatic carbocycles. The molecule has 0 saturated carbocycles. The van der Waals surface area contributed by atoms with E-state index in [-0.39, 0.29) is 5.92 Å². The van der Waals surface area contributed by atoms with Gasteiger partial charge in [-0.05, 0) is 29.4 Å². The highest BCUT2D eigenvalue weighted by atomic mass is 16.1. The first-order chi connectivity index (χ1) is 7.59. The van der Waals surface area contributed by atoms with Crippen LogP contribution in [0, 0.1) is 11.8 Å². The van der Waals surface area contributed by atoms with Crippen LogP contribution in [0.25, 0.3) is 0 Å². The first-order valence-corrected chi connectivity index (χ1v) is 6.20. The predicted octanol–water partition coefficient (Wildman–Crippen LogP) is 3.58. The normalized spacial score (nSPS) is 20.1. The summed E-state index contributed by atoms with van der Waals surface area (Å²) in [4.78, 5) is 12.0. The number of fused-ring (bicyclic) bond motifs is 1. The number of carbonyl (C=O) groups excluding carboxylic acids is 1. The van der Waals surface area contributed by atoms with Crippen LogP contribution in [0.4, 0.5) is 0 Å². The quantitative estimate of drug-likeness (QED) is 0.752. The van der Waals surface area contributed by atoms with Crippen molar-refractivity contribution in [2.75, 3.05) is 0 Å². The molecule has 0 aliphatic heterocycles. The average molecular weight is 216 g/mol. The van der Waals surface area contributed by atoms with Crippen molar-refractivity contribution in [3.8, 4) is 0 Å². The third-order valence-corrected chi connectivity index (χ3v) is 3.92. The van der Waals surface area contributed by atoms with Gasteiger partial charge in [-0.1, -0.05) is 45.0 Å². The fraction of sp³-hybridized carbons (Fsp3) is 0.533. The topological polar surface area (TPSA) is 17.1 Å². The van der Waals surface area contributed by atoms with E-state index < -0.39 is 0 Å². The van der Waals surface area contributed by atoms with Gasteiger partial charge in [-0.2, -0.15) is 0 Å². The molecule has 1 aromatic carbocycles. The van der Waals surface area contributed by atoms with Gasteiger partial charge in [0.1, 0.15) is 5.78 Å². The fourth-order valence-corrected chi connectivity index (χ4v) is 2.35. The van der Waals surface area contributed by atoms with E-state index in [1.54, 1.807) is 0 Å². The molecule has 0 aromatic heterocycles. The maximum atomic E-state index is 12.0. The molecule has 0 saturated heterocycles. The summed E-state index contributed by atoms with van der Waals surface area (Å²) in [5.41, 5.74) is 2.82. The Morgan fingerprint density at radius 3 is 2.62 bits per heavy atom. The van der Waals surface area contributed by atoms with Crippen molar-refractivity contribution in [3.05, 3.63) is 35.4 Å². The summed E-state index contributed by atoms with van der Waals surface area (Å²) in [6.45, 7) is 6.30. The third kappa shape index (κ3) is 2.04. The molecule has 0 fully saturated rings. The lowest BCUT2D eigenvalue weighted by atomic mass is 9.73. The molecule has 16 heavy (non-hydrogen) atoms. The van der Waals surface area contributed by atoms with E-state index >= 15 is 0 Å². The number of Topliss-reactive ketones (excluding diaryl/α,β-unsaturated/α-hetero) is 1. The van der Waals surface area contributed by atoms with Crippen molar-refractivity contribution in [1.29, 1.82) is 0 Å². The molecule has 0 heterocycles. The molecule has 1 aromatic rings. The first-order valence-electron chi connectivity index (χ1n) is 6.20. The second-order valence-corrected chi connectivity index (χ2v) is 5.30. The van der Waals surface area contributed by atoms with Crippen molar-refractivity contribution in [2.24, 2.45) is 11.8 Å². The summed E-state index contributed by atoms with van der Waals surface area (Å²) >= 11 is 0. The number of hydrogen-bond donors (Lipinski definition) is 0. The Labute approximate surface area is 97.9 Å². The number of benzene rings is 1. The molecule has 0 amide bonds. The summed E-state index contributed by atoms with van der Waals surface area (Å²) in [7, 11) is 0. The Morgan fingerprint density at radius 2 is 2.00 bits per heavy atom. The average Bonchev–Trinajstić information content (AvgIpc) is 2.24. The summed E-state index contributed by atoms with van der Waals surface area (Å²) in [6, 6.07) is 8.48. The zero-order chi connectivity index (χ0) is 11.7. The minimum atomic E-state index is 0.202. The van der Waals surface area contributed by atoms with Gasteiger partial charge in [0, 0.05) is 12.3 Å². The molecule has 2 unspecified atom stereocenters. The predicted molar refractivity (Wildman–Crippen MR) is 66.5 cm³/mol. The van der Waals surface area contributed by atoms with Crippen molar-refractivity contribution in [1.82, 2.24) is 0 Å². The summed E-state index contributed by atoms with van der Waals surface area (Å²) in [6.07, 6.45) is 1.82. The van der Waals surface area contributed by atoms with Gasteiger partial charge in [-0.3, -0.25) is 4.79 Å². The van der Waals surface area contributed by atoms with Crippen molar-refractivity contribution in [3.63, 3.8) is 0 Å². The highest BCUT2D eigenvalue weighted by Gasteiger charge is 2.29. The lowest BCUT2D eigenvalue weighted by Gasteiger charge is -2.30. The van der Waals surface area contributed by atoms with Crippen LogP contribution in [0.1, 0.15) is 44.2 Å². The lowest BCUT2D eigenvalue weighted by Crippen LogP contribution is -2.24. The molecule has 0 spiro atoms. The molecule has 0 bridgehead atoms. The third-order valence-electron chi connectivity index (χ3n) is 3.92. The minimum absolute atomic E-state index is 0.202. The van der Waals surface area contributed by atoms with Crippen molar-refractivity contribution in [2.45, 2.75) is 39.5 Å². The van der Waals surface area contributed by atoms with E-state index in [1.807, 2.05) is 0 Å². The van der Waals surface area contributed by atoms with Crippen LogP contribution in [0.3, 0.4) is 0 Å². The number of carbonyl (C=O) groups is 1. The van der Waals surface area contributed by atoms with Crippen LogP contribution < -0.4 is 0 Å². The van der Waals surface area contributed by atoms with Gasteiger partial charge in [0.25, 0.3) is 0 Å². The van der Waals surface area contributed by atoms with E-state index in [1.165, 1.54) is 11.1 Å². The van der Waals surface area contributed by atoms with Gasteiger partial charge in [0.2, 0.25) is 0 Å². The Balaban J connectivity index is 1.97. The molecule has 1 heteroatoms. The Kier molecular flexibility index (Phi) is 3.13. The maximum absolute atomic E-state index is 12.0. The Hall–Kier alpha value is -1.11. The highest BCUT2D eigenvalue weighted by Crippen LogP contribution is 2.38. The second-order valence-electron chi connectivity index (χ2n) is 5.30. The summed E-state index contributed by atoms with van der Waals surface area (Å²) < 4.78 is 0. The van der Waals surface area contributed by atoms with E-state index in [2.05, 4.69) is 45.0 Å². The monoisotopic (exact) mass is 216 g/mol. The molecule has 2 rings (SSSR count). The van der Waals surface area contributed by atoms with Gasteiger partial charge >= 0.3 is 0 Å². The van der Waals surface area contributed by atoms with Gasteiger partial charge in [-0.25, -0.2) is 0 Å². The van der Waals surface area contributed by atoms with Gasteiger partial charge in [-0.15, -0.1) is 0 Å². The fourth-order valence-electron chi connectivity index (χ4n) is 2.35.